The van der Waals surface area contributed by atoms with Crippen LogP contribution in [0.1, 0.15) is 10.4 Å². The first kappa shape index (κ1) is 20.2. The molecule has 146 valence electrons. The maximum Gasteiger partial charge on any atom is 0.325 e. The molecule has 0 fully saturated rings. The van der Waals surface area contributed by atoms with Crippen LogP contribution in [0.2, 0.25) is 0 Å². The first-order chi connectivity index (χ1) is 13.4. The molecule has 3 aromatic rings. The number of anilines is 1. The molecule has 3 rings (SSSR count). The fraction of sp³-hybridized carbons (Fsp3) is 0.250. The lowest BCUT2D eigenvalue weighted by Gasteiger charge is -2.11. The van der Waals surface area contributed by atoms with Gasteiger partial charge in [-0.15, -0.1) is 11.8 Å². The number of hydrogen-bond donors (Lipinski definition) is 0. The molecular formula is C20H21N3O3S2. The number of hydrogen-bond acceptors (Lipinski definition) is 6. The molecule has 1 aromatic heterocycles. The number of thioether (sulfide) groups is 1. The molecule has 0 aliphatic heterocycles. The van der Waals surface area contributed by atoms with Crippen molar-refractivity contribution in [2.24, 2.45) is 4.99 Å². The van der Waals surface area contributed by atoms with Crippen LogP contribution in [-0.4, -0.2) is 43.9 Å². The predicted molar refractivity (Wildman–Crippen MR) is 114 cm³/mol. The number of nitrogens with zero attached hydrogens (tertiary/aromatic N) is 3. The van der Waals surface area contributed by atoms with Gasteiger partial charge in [-0.3, -0.25) is 9.59 Å². The molecule has 1 heterocycles. The minimum atomic E-state index is -0.391. The maximum atomic E-state index is 12.7. The molecule has 28 heavy (non-hydrogen) atoms. The Labute approximate surface area is 171 Å². The van der Waals surface area contributed by atoms with Gasteiger partial charge >= 0.3 is 5.97 Å². The molecule has 0 radical (unpaired) electrons. The second-order valence-corrected chi connectivity index (χ2v) is 8.13. The summed E-state index contributed by atoms with van der Waals surface area (Å²) in [5.41, 5.74) is 2.35. The van der Waals surface area contributed by atoms with E-state index in [1.165, 1.54) is 18.4 Å². The maximum absolute atomic E-state index is 12.7. The van der Waals surface area contributed by atoms with Crippen molar-refractivity contribution in [3.05, 3.63) is 52.8 Å². The number of esters is 1. The molecule has 0 aliphatic rings. The lowest BCUT2D eigenvalue weighted by molar-refractivity contribution is -0.141. The van der Waals surface area contributed by atoms with Crippen LogP contribution in [0.5, 0.6) is 0 Å². The first-order valence-corrected chi connectivity index (χ1v) is 10.6. The highest BCUT2D eigenvalue weighted by atomic mass is 32.2. The standard InChI is InChI=1S/C20H21N3O3S2/c1-22(2)14-7-5-13(6-8-14)19(25)21-20-23(12-18(24)26-3)16-10-9-15(27-4)11-17(16)28-20/h5-11H,12H2,1-4H3. The highest BCUT2D eigenvalue weighted by Crippen LogP contribution is 2.24. The third kappa shape index (κ3) is 4.28. The van der Waals surface area contributed by atoms with Crippen molar-refractivity contribution in [1.82, 2.24) is 4.57 Å². The number of methoxy groups -OCH3 is 1. The van der Waals surface area contributed by atoms with Crippen molar-refractivity contribution in [2.75, 3.05) is 32.4 Å². The Hall–Kier alpha value is -2.58. The number of fused-ring (bicyclic) bond motifs is 1. The topological polar surface area (TPSA) is 63.9 Å². The molecule has 6 nitrogen and oxygen atoms in total. The third-order valence-electron chi connectivity index (χ3n) is 4.23. The summed E-state index contributed by atoms with van der Waals surface area (Å²) in [6.07, 6.45) is 2.00. The van der Waals surface area contributed by atoms with Crippen LogP contribution in [-0.2, 0) is 16.1 Å². The average molecular weight is 416 g/mol. The van der Waals surface area contributed by atoms with Crippen LogP contribution in [0.3, 0.4) is 0 Å². The molecule has 0 aliphatic carbocycles. The first-order valence-electron chi connectivity index (χ1n) is 8.53. The lowest BCUT2D eigenvalue weighted by atomic mass is 10.2. The zero-order valence-electron chi connectivity index (χ0n) is 16.1. The summed E-state index contributed by atoms with van der Waals surface area (Å²) in [5.74, 6) is -0.738. The van der Waals surface area contributed by atoms with E-state index >= 15 is 0 Å². The van der Waals surface area contributed by atoms with E-state index in [4.69, 9.17) is 4.74 Å². The normalized spacial score (nSPS) is 11.6. The number of carbonyl (C=O) groups is 2. The Bertz CT molecular complexity index is 1080. The molecule has 0 saturated carbocycles. The van der Waals surface area contributed by atoms with Crippen molar-refractivity contribution in [1.29, 1.82) is 0 Å². The lowest BCUT2D eigenvalue weighted by Crippen LogP contribution is -2.22. The summed E-state index contributed by atoms with van der Waals surface area (Å²) in [6, 6.07) is 13.2. The van der Waals surface area contributed by atoms with Crippen molar-refractivity contribution >= 4 is 50.9 Å². The van der Waals surface area contributed by atoms with Gasteiger partial charge in [-0.2, -0.15) is 4.99 Å². The van der Waals surface area contributed by atoms with Crippen LogP contribution in [0.15, 0.2) is 52.4 Å². The van der Waals surface area contributed by atoms with E-state index in [1.54, 1.807) is 28.5 Å². The van der Waals surface area contributed by atoms with Gasteiger partial charge in [0, 0.05) is 30.2 Å². The number of thiazole rings is 1. The highest BCUT2D eigenvalue weighted by molar-refractivity contribution is 7.98. The second-order valence-electron chi connectivity index (χ2n) is 6.24. The van der Waals surface area contributed by atoms with Gasteiger partial charge in [0.1, 0.15) is 6.54 Å². The van der Waals surface area contributed by atoms with Gasteiger partial charge in [0.25, 0.3) is 5.91 Å². The SMILES string of the molecule is COC(=O)Cn1c(=NC(=O)c2ccc(N(C)C)cc2)sc2cc(SC)ccc21. The van der Waals surface area contributed by atoms with E-state index in [0.717, 1.165) is 20.8 Å². The third-order valence-corrected chi connectivity index (χ3v) is 6.00. The fourth-order valence-corrected chi connectivity index (χ4v) is 4.25. The minimum absolute atomic E-state index is 0.000789. The number of carbonyl (C=O) groups excluding carboxylic acids is 2. The summed E-state index contributed by atoms with van der Waals surface area (Å²) < 4.78 is 7.49. The van der Waals surface area contributed by atoms with Gasteiger partial charge in [0.2, 0.25) is 0 Å². The fourth-order valence-electron chi connectivity index (χ4n) is 2.67. The number of aromatic nitrogens is 1. The summed E-state index contributed by atoms with van der Waals surface area (Å²) in [6.45, 7) is 0.000789. The minimum Gasteiger partial charge on any atom is -0.468 e. The number of ether oxygens (including phenoxy) is 1. The number of benzene rings is 2. The molecular weight excluding hydrogens is 394 g/mol. The molecule has 0 atom stereocenters. The van der Waals surface area contributed by atoms with Crippen molar-refractivity contribution in [3.63, 3.8) is 0 Å². The molecule has 0 saturated heterocycles. The second kappa shape index (κ2) is 8.62. The van der Waals surface area contributed by atoms with Gasteiger partial charge in [-0.05, 0) is 48.7 Å². The quantitative estimate of drug-likeness (QED) is 0.472. The summed E-state index contributed by atoms with van der Waals surface area (Å²) in [7, 11) is 5.23. The number of rotatable bonds is 5. The van der Waals surface area contributed by atoms with Crippen molar-refractivity contribution in [2.45, 2.75) is 11.4 Å². The molecule has 2 aromatic carbocycles. The molecule has 0 spiro atoms. The zero-order chi connectivity index (χ0) is 20.3. The summed E-state index contributed by atoms with van der Waals surface area (Å²) in [4.78, 5) is 32.4. The molecule has 0 unspecified atom stereocenters. The van der Waals surface area contributed by atoms with Gasteiger partial charge in [0.15, 0.2) is 4.80 Å². The summed E-state index contributed by atoms with van der Waals surface area (Å²) in [5, 5.41) is 0. The Morgan fingerprint density at radius 3 is 2.50 bits per heavy atom. The van der Waals surface area contributed by atoms with E-state index in [9.17, 15) is 9.59 Å². The summed E-state index contributed by atoms with van der Waals surface area (Å²) >= 11 is 3.02. The Balaban J connectivity index is 2.07. The van der Waals surface area contributed by atoms with Gasteiger partial charge in [0.05, 0.1) is 17.3 Å². The Morgan fingerprint density at radius 2 is 1.89 bits per heavy atom. The van der Waals surface area contributed by atoms with Gasteiger partial charge in [-0.25, -0.2) is 0 Å². The largest absolute Gasteiger partial charge is 0.468 e. The highest BCUT2D eigenvalue weighted by Gasteiger charge is 2.13. The van der Waals surface area contributed by atoms with Crippen LogP contribution in [0, 0.1) is 0 Å². The van der Waals surface area contributed by atoms with Gasteiger partial charge < -0.3 is 14.2 Å². The van der Waals surface area contributed by atoms with Crippen LogP contribution in [0.4, 0.5) is 5.69 Å². The number of amides is 1. The van der Waals surface area contributed by atoms with Crippen LogP contribution < -0.4 is 9.70 Å². The Kier molecular flexibility index (Phi) is 6.21. The molecule has 0 bridgehead atoms. The molecule has 1 amide bonds. The monoisotopic (exact) mass is 415 g/mol. The van der Waals surface area contributed by atoms with Crippen LogP contribution >= 0.6 is 23.1 Å². The van der Waals surface area contributed by atoms with E-state index in [-0.39, 0.29) is 12.5 Å². The van der Waals surface area contributed by atoms with E-state index < -0.39 is 5.97 Å². The molecule has 8 heteroatoms. The van der Waals surface area contributed by atoms with Crippen molar-refractivity contribution in [3.8, 4) is 0 Å². The smallest absolute Gasteiger partial charge is 0.325 e. The zero-order valence-corrected chi connectivity index (χ0v) is 17.8. The Morgan fingerprint density at radius 1 is 1.18 bits per heavy atom. The van der Waals surface area contributed by atoms with E-state index in [0.29, 0.717) is 10.4 Å². The van der Waals surface area contributed by atoms with E-state index in [2.05, 4.69) is 4.99 Å². The van der Waals surface area contributed by atoms with Crippen LogP contribution in [0.25, 0.3) is 10.2 Å². The van der Waals surface area contributed by atoms with E-state index in [1.807, 2.05) is 55.6 Å². The van der Waals surface area contributed by atoms with Gasteiger partial charge in [-0.1, -0.05) is 11.3 Å². The predicted octanol–water partition coefficient (Wildman–Crippen LogP) is 3.40. The van der Waals surface area contributed by atoms with Crippen molar-refractivity contribution < 1.29 is 14.3 Å². The molecule has 0 N–H and O–H groups in total. The average Bonchev–Trinajstić information content (AvgIpc) is 3.03.